The van der Waals surface area contributed by atoms with Gasteiger partial charge in [0.2, 0.25) is 0 Å². The van der Waals surface area contributed by atoms with Crippen LogP contribution in [-0.2, 0) is 0 Å². The largest absolute Gasteiger partial charge is 0.491 e. The average Bonchev–Trinajstić information content (AvgIpc) is 3.17. The van der Waals surface area contributed by atoms with Crippen molar-refractivity contribution in [1.29, 1.82) is 5.26 Å². The summed E-state index contributed by atoms with van der Waals surface area (Å²) in [6, 6.07) is 10.6. The molecule has 3 heterocycles. The molecule has 4 rings (SSSR count). The van der Waals surface area contributed by atoms with Crippen LogP contribution in [0.4, 0.5) is 0 Å². The molecule has 0 saturated carbocycles. The number of rotatable bonds is 6. The van der Waals surface area contributed by atoms with Gasteiger partial charge in [0.05, 0.1) is 11.6 Å². The third-order valence-corrected chi connectivity index (χ3v) is 5.69. The predicted octanol–water partition coefficient (Wildman–Crippen LogP) is 1.69. The lowest BCUT2D eigenvalue weighted by Gasteiger charge is -2.46. The van der Waals surface area contributed by atoms with Gasteiger partial charge in [0.25, 0.3) is 5.91 Å². The van der Waals surface area contributed by atoms with Gasteiger partial charge in [-0.3, -0.25) is 9.69 Å². The number of β-amino-alcohol motifs (C(OH)–C–C–N with tert-alkyl or cyclic N) is 1. The number of likely N-dealkylation sites (tertiary alicyclic amines) is 2. The number of aliphatic hydroxyl groups is 1. The number of piperidine rings is 2. The summed E-state index contributed by atoms with van der Waals surface area (Å²) >= 11 is 0. The van der Waals surface area contributed by atoms with Crippen molar-refractivity contribution in [3.8, 4) is 11.8 Å². The SMILES string of the molecule is Cc1cc(C(=O)N2CC3CC(CN(CC(O)COc4ccc(C#N)cc4)C3)C2)no1. The number of carbonyl (C=O) groups is 1. The van der Waals surface area contributed by atoms with Crippen LogP contribution in [0.1, 0.15) is 28.2 Å². The molecule has 3 atom stereocenters. The van der Waals surface area contributed by atoms with Crippen LogP contribution in [-0.4, -0.2) is 71.4 Å². The van der Waals surface area contributed by atoms with E-state index >= 15 is 0 Å². The van der Waals surface area contributed by atoms with Crippen LogP contribution in [0.2, 0.25) is 0 Å². The zero-order valence-corrected chi connectivity index (χ0v) is 17.0. The van der Waals surface area contributed by atoms with E-state index in [0.29, 0.717) is 54.2 Å². The van der Waals surface area contributed by atoms with Crippen molar-refractivity contribution in [2.75, 3.05) is 39.3 Å². The molecule has 30 heavy (non-hydrogen) atoms. The molecule has 1 amide bonds. The molecular weight excluding hydrogens is 384 g/mol. The number of nitrogens with zero attached hydrogens (tertiary/aromatic N) is 4. The van der Waals surface area contributed by atoms with Crippen molar-refractivity contribution in [3.05, 3.63) is 47.3 Å². The molecule has 0 radical (unpaired) electrons. The first kappa shape index (κ1) is 20.4. The van der Waals surface area contributed by atoms with Gasteiger partial charge in [0.1, 0.15) is 24.2 Å². The maximum Gasteiger partial charge on any atom is 0.276 e. The fourth-order valence-corrected chi connectivity index (χ4v) is 4.50. The van der Waals surface area contributed by atoms with Crippen molar-refractivity contribution in [2.24, 2.45) is 11.8 Å². The number of fused-ring (bicyclic) bond motifs is 2. The highest BCUT2D eigenvalue weighted by Crippen LogP contribution is 2.29. The van der Waals surface area contributed by atoms with Gasteiger partial charge in [0, 0.05) is 38.8 Å². The summed E-state index contributed by atoms with van der Waals surface area (Å²) < 4.78 is 10.7. The molecule has 2 aliphatic heterocycles. The van der Waals surface area contributed by atoms with Crippen molar-refractivity contribution >= 4 is 5.91 Å². The van der Waals surface area contributed by atoms with Gasteiger partial charge in [-0.05, 0) is 49.4 Å². The summed E-state index contributed by atoms with van der Waals surface area (Å²) in [5.41, 5.74) is 0.952. The fraction of sp³-hybridized carbons (Fsp3) is 0.500. The third kappa shape index (κ3) is 4.81. The van der Waals surface area contributed by atoms with E-state index in [0.717, 1.165) is 19.5 Å². The zero-order chi connectivity index (χ0) is 21.1. The van der Waals surface area contributed by atoms with Crippen LogP contribution in [0.5, 0.6) is 5.75 Å². The Morgan fingerprint density at radius 1 is 1.30 bits per heavy atom. The molecule has 3 unspecified atom stereocenters. The normalized spacial score (nSPS) is 22.4. The first-order valence-corrected chi connectivity index (χ1v) is 10.3. The minimum absolute atomic E-state index is 0.0640. The van der Waals surface area contributed by atoms with Crippen LogP contribution in [0.3, 0.4) is 0 Å². The van der Waals surface area contributed by atoms with E-state index in [1.807, 2.05) is 4.90 Å². The Bertz CT molecular complexity index is 906. The molecule has 1 aromatic carbocycles. The second-order valence-corrected chi connectivity index (χ2v) is 8.32. The molecule has 0 spiro atoms. The molecule has 2 aliphatic rings. The molecule has 1 aromatic heterocycles. The molecule has 158 valence electrons. The highest BCUT2D eigenvalue weighted by Gasteiger charge is 2.37. The standard InChI is InChI=1S/C22H26N4O4/c1-15-6-21(24-30-15)22(28)26-11-17-7-18(12-26)10-25(9-17)13-19(27)14-29-20-4-2-16(8-23)3-5-20/h2-6,17-19,27H,7,9-14H2,1H3. The summed E-state index contributed by atoms with van der Waals surface area (Å²) in [5.74, 6) is 1.99. The lowest BCUT2D eigenvalue weighted by molar-refractivity contribution is 0.00181. The summed E-state index contributed by atoms with van der Waals surface area (Å²) in [6.07, 6.45) is 0.506. The van der Waals surface area contributed by atoms with E-state index < -0.39 is 6.10 Å². The number of hydrogen-bond acceptors (Lipinski definition) is 7. The molecule has 1 N–H and O–H groups in total. The minimum atomic E-state index is -0.602. The molecule has 2 aromatic rings. The van der Waals surface area contributed by atoms with Crippen molar-refractivity contribution < 1.29 is 19.2 Å². The Kier molecular flexibility index (Phi) is 6.02. The number of aryl methyl sites for hydroxylation is 1. The maximum absolute atomic E-state index is 12.7. The molecule has 8 nitrogen and oxygen atoms in total. The third-order valence-electron chi connectivity index (χ3n) is 5.69. The van der Waals surface area contributed by atoms with Gasteiger partial charge >= 0.3 is 0 Å². The smallest absolute Gasteiger partial charge is 0.276 e. The van der Waals surface area contributed by atoms with Gasteiger partial charge in [-0.1, -0.05) is 5.16 Å². The Labute approximate surface area is 175 Å². The molecular formula is C22H26N4O4. The van der Waals surface area contributed by atoms with E-state index in [1.165, 1.54) is 0 Å². The van der Waals surface area contributed by atoms with E-state index in [1.54, 1.807) is 37.3 Å². The summed E-state index contributed by atoms with van der Waals surface area (Å²) in [6.45, 7) is 5.64. The van der Waals surface area contributed by atoms with E-state index in [2.05, 4.69) is 16.1 Å². The fourth-order valence-electron chi connectivity index (χ4n) is 4.50. The highest BCUT2D eigenvalue weighted by molar-refractivity contribution is 5.92. The number of nitriles is 1. The minimum Gasteiger partial charge on any atom is -0.491 e. The summed E-state index contributed by atoms with van der Waals surface area (Å²) in [4.78, 5) is 16.8. The van der Waals surface area contributed by atoms with Gasteiger partial charge in [-0.2, -0.15) is 5.26 Å². The van der Waals surface area contributed by atoms with E-state index in [-0.39, 0.29) is 12.5 Å². The first-order valence-electron chi connectivity index (χ1n) is 10.3. The Balaban J connectivity index is 1.26. The van der Waals surface area contributed by atoms with Gasteiger partial charge in [0.15, 0.2) is 5.69 Å². The first-order chi connectivity index (χ1) is 14.5. The van der Waals surface area contributed by atoms with E-state index in [4.69, 9.17) is 14.5 Å². The lowest BCUT2D eigenvalue weighted by Crippen LogP contribution is -2.55. The number of aromatic nitrogens is 1. The predicted molar refractivity (Wildman–Crippen MR) is 108 cm³/mol. The molecule has 2 bridgehead atoms. The van der Waals surface area contributed by atoms with Crippen LogP contribution in [0.25, 0.3) is 0 Å². The van der Waals surface area contributed by atoms with E-state index in [9.17, 15) is 9.90 Å². The second-order valence-electron chi connectivity index (χ2n) is 8.32. The number of hydrogen-bond donors (Lipinski definition) is 1. The van der Waals surface area contributed by atoms with Crippen molar-refractivity contribution in [3.63, 3.8) is 0 Å². The molecule has 2 saturated heterocycles. The number of amides is 1. The number of benzene rings is 1. The number of ether oxygens (including phenoxy) is 1. The number of carbonyl (C=O) groups excluding carboxylic acids is 1. The Morgan fingerprint density at radius 2 is 2.00 bits per heavy atom. The van der Waals surface area contributed by atoms with Crippen LogP contribution < -0.4 is 4.74 Å². The van der Waals surface area contributed by atoms with Crippen LogP contribution in [0.15, 0.2) is 34.9 Å². The average molecular weight is 410 g/mol. The maximum atomic E-state index is 12.7. The summed E-state index contributed by atoms with van der Waals surface area (Å²) in [7, 11) is 0. The Hall–Kier alpha value is -2.89. The molecule has 8 heteroatoms. The van der Waals surface area contributed by atoms with Crippen LogP contribution >= 0.6 is 0 Å². The topological polar surface area (TPSA) is 103 Å². The zero-order valence-electron chi connectivity index (χ0n) is 17.0. The molecule has 2 fully saturated rings. The monoisotopic (exact) mass is 410 g/mol. The van der Waals surface area contributed by atoms with Gasteiger partial charge in [-0.25, -0.2) is 0 Å². The lowest BCUT2D eigenvalue weighted by atomic mass is 9.84. The summed E-state index contributed by atoms with van der Waals surface area (Å²) in [5, 5.41) is 23.1. The quantitative estimate of drug-likeness (QED) is 0.773. The van der Waals surface area contributed by atoms with Gasteiger partial charge in [-0.15, -0.1) is 0 Å². The molecule has 0 aliphatic carbocycles. The number of aliphatic hydroxyl groups excluding tert-OH is 1. The second kappa shape index (κ2) is 8.86. The van der Waals surface area contributed by atoms with Crippen molar-refractivity contribution in [2.45, 2.75) is 19.4 Å². The van der Waals surface area contributed by atoms with Crippen LogP contribution in [0, 0.1) is 30.1 Å². The van der Waals surface area contributed by atoms with Gasteiger partial charge < -0.3 is 19.3 Å². The highest BCUT2D eigenvalue weighted by atomic mass is 16.5. The van der Waals surface area contributed by atoms with Crippen molar-refractivity contribution in [1.82, 2.24) is 15.0 Å². The Morgan fingerprint density at radius 3 is 2.60 bits per heavy atom.